The van der Waals surface area contributed by atoms with Gasteiger partial charge in [-0.05, 0) is 46.5 Å². The van der Waals surface area contributed by atoms with Crippen LogP contribution in [-0.4, -0.2) is 15.6 Å². The third kappa shape index (κ3) is 3.48. The van der Waals surface area contributed by atoms with E-state index in [0.29, 0.717) is 18.5 Å². The van der Waals surface area contributed by atoms with Crippen LogP contribution in [0, 0.1) is 0 Å². The molecule has 0 aliphatic rings. The highest BCUT2D eigenvalue weighted by molar-refractivity contribution is 9.10. The molecule has 0 spiro atoms. The summed E-state index contributed by atoms with van der Waals surface area (Å²) in [5.74, 6) is 0.102. The molecule has 2 N–H and O–H groups in total. The Morgan fingerprint density at radius 2 is 2.25 bits per heavy atom. The summed E-state index contributed by atoms with van der Waals surface area (Å²) in [5.41, 5.74) is 8.21. The van der Waals surface area contributed by atoms with Crippen LogP contribution in [0.15, 0.2) is 34.9 Å². The maximum atomic E-state index is 12.4. The molecule has 0 aliphatic carbocycles. The molecular weight excluding hydrogens is 318 g/mol. The highest BCUT2D eigenvalue weighted by atomic mass is 79.9. The molecule has 0 atom stereocenters. The molecule has 0 amide bonds. The van der Waals surface area contributed by atoms with E-state index < -0.39 is 0 Å². The van der Waals surface area contributed by atoms with Gasteiger partial charge in [-0.1, -0.05) is 19.1 Å². The van der Waals surface area contributed by atoms with Crippen LogP contribution < -0.4 is 5.73 Å². The summed E-state index contributed by atoms with van der Waals surface area (Å²) in [6.07, 6.45) is 3.78. The van der Waals surface area contributed by atoms with Crippen molar-refractivity contribution in [1.82, 2.24) is 9.78 Å². The van der Waals surface area contributed by atoms with Crippen molar-refractivity contribution in [3.63, 3.8) is 0 Å². The largest absolute Gasteiger partial charge is 0.399 e. The normalized spacial score (nSPS) is 10.7. The van der Waals surface area contributed by atoms with Crippen molar-refractivity contribution in [3.05, 3.63) is 46.2 Å². The van der Waals surface area contributed by atoms with Gasteiger partial charge in [-0.2, -0.15) is 5.10 Å². The first-order valence-corrected chi connectivity index (χ1v) is 7.50. The molecular formula is C15H18BrN3O. The van der Waals surface area contributed by atoms with Gasteiger partial charge in [0.15, 0.2) is 5.78 Å². The van der Waals surface area contributed by atoms with E-state index in [0.717, 1.165) is 28.7 Å². The Morgan fingerprint density at radius 1 is 1.45 bits per heavy atom. The van der Waals surface area contributed by atoms with Crippen LogP contribution >= 0.6 is 15.9 Å². The predicted octanol–water partition coefficient (Wildman–Crippen LogP) is 3.45. The lowest BCUT2D eigenvalue weighted by Gasteiger charge is -2.06. The van der Waals surface area contributed by atoms with Crippen molar-refractivity contribution < 1.29 is 4.79 Å². The fourth-order valence-corrected chi connectivity index (χ4v) is 2.66. The monoisotopic (exact) mass is 335 g/mol. The molecule has 1 aromatic carbocycles. The molecule has 5 heteroatoms. The quantitative estimate of drug-likeness (QED) is 0.649. The maximum absolute atomic E-state index is 12.4. The Labute approximate surface area is 127 Å². The lowest BCUT2D eigenvalue weighted by Crippen LogP contribution is -2.11. The number of Topliss-reactive ketones (excluding diaryl/α,β-unsaturated/α-hetero) is 1. The number of carbonyl (C=O) groups excluding carboxylic acids is 1. The van der Waals surface area contributed by atoms with E-state index in [-0.39, 0.29) is 5.78 Å². The molecule has 1 aromatic heterocycles. The lowest BCUT2D eigenvalue weighted by atomic mass is 10.1. The summed E-state index contributed by atoms with van der Waals surface area (Å²) in [5, 5.41) is 4.22. The van der Waals surface area contributed by atoms with E-state index in [9.17, 15) is 4.79 Å². The lowest BCUT2D eigenvalue weighted by molar-refractivity contribution is 0.0971. The summed E-state index contributed by atoms with van der Waals surface area (Å²) in [4.78, 5) is 12.4. The molecule has 0 saturated heterocycles. The van der Waals surface area contributed by atoms with Gasteiger partial charge < -0.3 is 5.73 Å². The highest BCUT2D eigenvalue weighted by Crippen LogP contribution is 2.19. The van der Waals surface area contributed by atoms with Crippen molar-refractivity contribution in [2.45, 2.75) is 32.7 Å². The number of ketones is 1. The first kappa shape index (κ1) is 14.8. The fourth-order valence-electron chi connectivity index (χ4n) is 2.15. The first-order valence-electron chi connectivity index (χ1n) is 6.70. The van der Waals surface area contributed by atoms with E-state index in [4.69, 9.17) is 5.73 Å². The summed E-state index contributed by atoms with van der Waals surface area (Å²) in [6, 6.07) is 7.65. The summed E-state index contributed by atoms with van der Waals surface area (Å²) >= 11 is 3.40. The first-order chi connectivity index (χ1) is 9.61. The number of benzene rings is 1. The zero-order valence-electron chi connectivity index (χ0n) is 11.5. The molecule has 106 valence electrons. The molecule has 0 bridgehead atoms. The Kier molecular flexibility index (Phi) is 4.95. The molecule has 0 unspecified atom stereocenters. The second-order valence-electron chi connectivity index (χ2n) is 4.73. The molecule has 0 fully saturated rings. The molecule has 2 rings (SSSR count). The minimum Gasteiger partial charge on any atom is -0.399 e. The smallest absolute Gasteiger partial charge is 0.182 e. The number of aryl methyl sites for hydroxylation is 2. The second-order valence-corrected chi connectivity index (χ2v) is 5.59. The topological polar surface area (TPSA) is 60.9 Å². The van der Waals surface area contributed by atoms with Crippen LogP contribution in [0.25, 0.3) is 0 Å². The number of aromatic nitrogens is 2. The standard InChI is InChI=1S/C15H18BrN3O/c1-2-8-19-15(13(16)10-18-19)14(20)7-6-11-4-3-5-12(17)9-11/h3-5,9-10H,2,6-8,17H2,1H3. The molecule has 4 nitrogen and oxygen atoms in total. The zero-order valence-corrected chi connectivity index (χ0v) is 13.1. The number of hydrogen-bond donors (Lipinski definition) is 1. The Morgan fingerprint density at radius 3 is 2.95 bits per heavy atom. The van der Waals surface area contributed by atoms with E-state index in [1.54, 1.807) is 10.9 Å². The Bertz CT molecular complexity index is 607. The van der Waals surface area contributed by atoms with Crippen molar-refractivity contribution in [1.29, 1.82) is 0 Å². The van der Waals surface area contributed by atoms with Gasteiger partial charge in [0.25, 0.3) is 0 Å². The summed E-state index contributed by atoms with van der Waals surface area (Å²) < 4.78 is 2.54. The number of carbonyl (C=O) groups is 1. The molecule has 2 aromatic rings. The highest BCUT2D eigenvalue weighted by Gasteiger charge is 2.16. The van der Waals surface area contributed by atoms with Crippen LogP contribution in [0.4, 0.5) is 5.69 Å². The van der Waals surface area contributed by atoms with Crippen molar-refractivity contribution in [2.75, 3.05) is 5.73 Å². The summed E-state index contributed by atoms with van der Waals surface area (Å²) in [6.45, 7) is 2.82. The van der Waals surface area contributed by atoms with E-state index in [1.807, 2.05) is 24.3 Å². The zero-order chi connectivity index (χ0) is 14.5. The fraction of sp³-hybridized carbons (Fsp3) is 0.333. The number of rotatable bonds is 6. The molecule has 1 heterocycles. The van der Waals surface area contributed by atoms with Crippen LogP contribution in [0.2, 0.25) is 0 Å². The van der Waals surface area contributed by atoms with Gasteiger partial charge >= 0.3 is 0 Å². The Hall–Kier alpha value is -1.62. The van der Waals surface area contributed by atoms with Gasteiger partial charge in [0.05, 0.1) is 10.7 Å². The predicted molar refractivity (Wildman–Crippen MR) is 83.7 cm³/mol. The van der Waals surface area contributed by atoms with Crippen LogP contribution in [0.1, 0.15) is 35.8 Å². The average Bonchev–Trinajstić information content (AvgIpc) is 2.78. The Balaban J connectivity index is 2.07. The third-order valence-electron chi connectivity index (χ3n) is 3.09. The molecule has 0 radical (unpaired) electrons. The number of anilines is 1. The van der Waals surface area contributed by atoms with Crippen molar-refractivity contribution >= 4 is 27.4 Å². The minimum absolute atomic E-state index is 0.102. The van der Waals surface area contributed by atoms with E-state index in [1.165, 1.54) is 0 Å². The number of nitrogen functional groups attached to an aromatic ring is 1. The number of nitrogens with two attached hydrogens (primary N) is 1. The SMILES string of the molecule is CCCn1ncc(Br)c1C(=O)CCc1cccc(N)c1. The second kappa shape index (κ2) is 6.70. The van der Waals surface area contributed by atoms with Crippen LogP contribution in [0.5, 0.6) is 0 Å². The summed E-state index contributed by atoms with van der Waals surface area (Å²) in [7, 11) is 0. The van der Waals surface area contributed by atoms with Crippen molar-refractivity contribution in [3.8, 4) is 0 Å². The van der Waals surface area contributed by atoms with Gasteiger partial charge in [0.2, 0.25) is 0 Å². The maximum Gasteiger partial charge on any atom is 0.182 e. The van der Waals surface area contributed by atoms with Crippen LogP contribution in [0.3, 0.4) is 0 Å². The average molecular weight is 336 g/mol. The molecule has 20 heavy (non-hydrogen) atoms. The number of hydrogen-bond acceptors (Lipinski definition) is 3. The third-order valence-corrected chi connectivity index (χ3v) is 3.67. The molecule has 0 saturated carbocycles. The van der Waals surface area contributed by atoms with Gasteiger partial charge in [0, 0.05) is 18.7 Å². The minimum atomic E-state index is 0.102. The van der Waals surface area contributed by atoms with E-state index >= 15 is 0 Å². The van der Waals surface area contributed by atoms with Gasteiger partial charge in [0.1, 0.15) is 5.69 Å². The number of halogens is 1. The molecule has 0 aliphatic heterocycles. The van der Waals surface area contributed by atoms with Gasteiger partial charge in [-0.25, -0.2) is 0 Å². The van der Waals surface area contributed by atoms with Gasteiger partial charge in [-0.3, -0.25) is 9.48 Å². The van der Waals surface area contributed by atoms with E-state index in [2.05, 4.69) is 28.0 Å². The van der Waals surface area contributed by atoms with Crippen LogP contribution in [-0.2, 0) is 13.0 Å². The van der Waals surface area contributed by atoms with Crippen molar-refractivity contribution in [2.24, 2.45) is 0 Å². The number of nitrogens with zero attached hydrogens (tertiary/aromatic N) is 2. The van der Waals surface area contributed by atoms with Gasteiger partial charge in [-0.15, -0.1) is 0 Å².